The van der Waals surface area contributed by atoms with E-state index in [0.717, 1.165) is 12.1 Å². The minimum absolute atomic E-state index is 0.00961. The van der Waals surface area contributed by atoms with Gasteiger partial charge in [0.15, 0.2) is 0 Å². The van der Waals surface area contributed by atoms with E-state index in [2.05, 4.69) is 21.2 Å². The number of benzene rings is 1. The lowest BCUT2D eigenvalue weighted by atomic mass is 10.0. The van der Waals surface area contributed by atoms with Crippen molar-refractivity contribution in [2.75, 3.05) is 5.32 Å². The maximum absolute atomic E-state index is 12.6. The standard InChI is InChI=1S/C12H14BrF3N2O/c1-11(2,17)6-10(19)18-9-5-7(12(14,15)16)3-4-8(9)13/h3-5H,6,17H2,1-2H3,(H,18,19). The van der Waals surface area contributed by atoms with E-state index >= 15 is 0 Å². The van der Waals surface area contributed by atoms with Crippen molar-refractivity contribution in [3.63, 3.8) is 0 Å². The fraction of sp³-hybridized carbons (Fsp3) is 0.417. The Morgan fingerprint density at radius 3 is 2.42 bits per heavy atom. The van der Waals surface area contributed by atoms with Crippen LogP contribution in [0.4, 0.5) is 18.9 Å². The summed E-state index contributed by atoms with van der Waals surface area (Å²) in [6, 6.07) is 3.06. The van der Waals surface area contributed by atoms with Gasteiger partial charge in [-0.1, -0.05) is 0 Å². The molecule has 0 aliphatic rings. The van der Waals surface area contributed by atoms with E-state index in [0.29, 0.717) is 4.47 Å². The van der Waals surface area contributed by atoms with Crippen LogP contribution in [0.3, 0.4) is 0 Å². The highest BCUT2D eigenvalue weighted by Gasteiger charge is 2.31. The first kappa shape index (κ1) is 16.0. The Kier molecular flexibility index (Phi) is 4.63. The van der Waals surface area contributed by atoms with E-state index in [1.807, 2.05) is 0 Å². The van der Waals surface area contributed by atoms with E-state index in [4.69, 9.17) is 5.73 Å². The molecule has 0 atom stereocenters. The normalized spacial score (nSPS) is 12.4. The molecule has 3 nitrogen and oxygen atoms in total. The summed E-state index contributed by atoms with van der Waals surface area (Å²) in [7, 11) is 0. The van der Waals surface area contributed by atoms with Gasteiger partial charge in [0.1, 0.15) is 0 Å². The third-order valence-corrected chi connectivity index (χ3v) is 2.88. The number of alkyl halides is 3. The largest absolute Gasteiger partial charge is 0.416 e. The van der Waals surface area contributed by atoms with Crippen LogP contribution < -0.4 is 11.1 Å². The number of halogens is 4. The first-order valence-electron chi connectivity index (χ1n) is 5.44. The third-order valence-electron chi connectivity index (χ3n) is 2.18. The lowest BCUT2D eigenvalue weighted by molar-refractivity contribution is -0.137. The molecule has 0 spiro atoms. The number of nitrogens with one attached hydrogen (secondary N) is 1. The van der Waals surface area contributed by atoms with Crippen molar-refractivity contribution in [1.82, 2.24) is 0 Å². The minimum atomic E-state index is -4.45. The average molecular weight is 339 g/mol. The number of nitrogens with two attached hydrogens (primary N) is 1. The maximum Gasteiger partial charge on any atom is 0.416 e. The van der Waals surface area contributed by atoms with Gasteiger partial charge in [0.05, 0.1) is 11.3 Å². The molecule has 1 rings (SSSR count). The van der Waals surface area contributed by atoms with Crippen LogP contribution in [0, 0.1) is 0 Å². The number of hydrogen-bond donors (Lipinski definition) is 2. The third kappa shape index (κ3) is 5.20. The van der Waals surface area contributed by atoms with E-state index in [1.165, 1.54) is 6.07 Å². The number of amides is 1. The number of carbonyl (C=O) groups excluding carboxylic acids is 1. The lowest BCUT2D eigenvalue weighted by Crippen LogP contribution is -2.36. The first-order valence-corrected chi connectivity index (χ1v) is 6.24. The maximum atomic E-state index is 12.6. The van der Waals surface area contributed by atoms with Gasteiger partial charge in [-0.15, -0.1) is 0 Å². The van der Waals surface area contributed by atoms with Crippen molar-refractivity contribution in [2.45, 2.75) is 32.0 Å². The van der Waals surface area contributed by atoms with Gasteiger partial charge < -0.3 is 11.1 Å². The van der Waals surface area contributed by atoms with Crippen LogP contribution in [0.15, 0.2) is 22.7 Å². The summed E-state index contributed by atoms with van der Waals surface area (Å²) in [4.78, 5) is 11.6. The van der Waals surface area contributed by atoms with Crippen molar-refractivity contribution in [3.05, 3.63) is 28.2 Å². The zero-order valence-corrected chi connectivity index (χ0v) is 12.0. The quantitative estimate of drug-likeness (QED) is 0.885. The Labute approximate surface area is 117 Å². The highest BCUT2D eigenvalue weighted by atomic mass is 79.9. The van der Waals surface area contributed by atoms with Crippen molar-refractivity contribution in [3.8, 4) is 0 Å². The Balaban J connectivity index is 2.92. The van der Waals surface area contributed by atoms with Crippen LogP contribution in [0.5, 0.6) is 0 Å². The van der Waals surface area contributed by atoms with E-state index in [9.17, 15) is 18.0 Å². The van der Waals surface area contributed by atoms with Crippen LogP contribution in [0.2, 0.25) is 0 Å². The second-order valence-electron chi connectivity index (χ2n) is 4.91. The number of anilines is 1. The molecule has 7 heteroatoms. The molecule has 0 fully saturated rings. The predicted octanol–water partition coefficient (Wildman–Crippen LogP) is 3.53. The second kappa shape index (κ2) is 5.50. The van der Waals surface area contributed by atoms with E-state index in [1.54, 1.807) is 13.8 Å². The number of rotatable bonds is 3. The molecule has 0 saturated carbocycles. The van der Waals surface area contributed by atoms with Crippen molar-refractivity contribution in [2.24, 2.45) is 5.73 Å². The zero-order chi connectivity index (χ0) is 14.8. The van der Waals surface area contributed by atoms with Crippen LogP contribution in [0.1, 0.15) is 25.8 Å². The van der Waals surface area contributed by atoms with E-state index < -0.39 is 23.2 Å². The van der Waals surface area contributed by atoms with Gasteiger partial charge in [0, 0.05) is 16.4 Å². The predicted molar refractivity (Wildman–Crippen MR) is 70.7 cm³/mol. The highest BCUT2D eigenvalue weighted by Crippen LogP contribution is 2.34. The van der Waals surface area contributed by atoms with Gasteiger partial charge in [-0.3, -0.25) is 4.79 Å². The van der Waals surface area contributed by atoms with Gasteiger partial charge >= 0.3 is 6.18 Å². The fourth-order valence-electron chi connectivity index (χ4n) is 1.41. The number of carbonyl (C=O) groups is 1. The molecule has 0 saturated heterocycles. The molecule has 1 aromatic carbocycles. The van der Waals surface area contributed by atoms with Gasteiger partial charge in [0.25, 0.3) is 0 Å². The molecule has 0 aliphatic heterocycles. The van der Waals surface area contributed by atoms with Crippen LogP contribution in [-0.2, 0) is 11.0 Å². The molecule has 0 aliphatic carbocycles. The van der Waals surface area contributed by atoms with Crippen molar-refractivity contribution < 1.29 is 18.0 Å². The van der Waals surface area contributed by atoms with Crippen LogP contribution in [-0.4, -0.2) is 11.4 Å². The van der Waals surface area contributed by atoms with Gasteiger partial charge in [-0.25, -0.2) is 0 Å². The van der Waals surface area contributed by atoms with Gasteiger partial charge in [-0.2, -0.15) is 13.2 Å². The van der Waals surface area contributed by atoms with Crippen LogP contribution >= 0.6 is 15.9 Å². The summed E-state index contributed by atoms with van der Waals surface area (Å²) < 4.78 is 38.1. The Bertz CT molecular complexity index is 481. The second-order valence-corrected chi connectivity index (χ2v) is 5.76. The van der Waals surface area contributed by atoms with E-state index in [-0.39, 0.29) is 12.1 Å². The SMILES string of the molecule is CC(C)(N)CC(=O)Nc1cc(C(F)(F)F)ccc1Br. The first-order chi connectivity index (χ1) is 8.49. The van der Waals surface area contributed by atoms with Crippen molar-refractivity contribution in [1.29, 1.82) is 0 Å². The summed E-state index contributed by atoms with van der Waals surface area (Å²) >= 11 is 3.09. The molecule has 0 bridgehead atoms. The molecule has 106 valence electrons. The topological polar surface area (TPSA) is 55.1 Å². The molecule has 1 aromatic rings. The zero-order valence-electron chi connectivity index (χ0n) is 10.4. The number of hydrogen-bond acceptors (Lipinski definition) is 2. The molecular formula is C12H14BrF3N2O. The summed E-state index contributed by atoms with van der Waals surface area (Å²) in [5.41, 5.74) is 4.20. The Morgan fingerprint density at radius 1 is 1.37 bits per heavy atom. The van der Waals surface area contributed by atoms with Crippen LogP contribution in [0.25, 0.3) is 0 Å². The molecule has 0 heterocycles. The van der Waals surface area contributed by atoms with Crippen molar-refractivity contribution >= 4 is 27.5 Å². The lowest BCUT2D eigenvalue weighted by Gasteiger charge is -2.18. The minimum Gasteiger partial charge on any atom is -0.325 e. The molecule has 1 amide bonds. The summed E-state index contributed by atoms with van der Waals surface area (Å²) in [5, 5.41) is 2.41. The smallest absolute Gasteiger partial charge is 0.325 e. The summed E-state index contributed by atoms with van der Waals surface area (Å²) in [6.45, 7) is 3.32. The summed E-state index contributed by atoms with van der Waals surface area (Å²) in [5.74, 6) is -0.437. The molecule has 0 radical (unpaired) electrons. The Morgan fingerprint density at radius 2 is 1.95 bits per heavy atom. The monoisotopic (exact) mass is 338 g/mol. The molecule has 0 unspecified atom stereocenters. The summed E-state index contributed by atoms with van der Waals surface area (Å²) in [6.07, 6.45) is -4.44. The van der Waals surface area contributed by atoms with Gasteiger partial charge in [-0.05, 0) is 48.0 Å². The highest BCUT2D eigenvalue weighted by molar-refractivity contribution is 9.10. The molecule has 0 aromatic heterocycles. The molecule has 19 heavy (non-hydrogen) atoms. The fourth-order valence-corrected chi connectivity index (χ4v) is 1.75. The average Bonchev–Trinajstić information content (AvgIpc) is 2.16. The Hall–Kier alpha value is -1.08. The molecular weight excluding hydrogens is 325 g/mol. The van der Waals surface area contributed by atoms with Gasteiger partial charge in [0.2, 0.25) is 5.91 Å². The molecule has 3 N–H and O–H groups in total.